The summed E-state index contributed by atoms with van der Waals surface area (Å²) >= 11 is 0. The van der Waals surface area contributed by atoms with Crippen LogP contribution < -0.4 is 18.9 Å². The molecule has 0 fully saturated rings. The van der Waals surface area contributed by atoms with Gasteiger partial charge in [-0.2, -0.15) is 0 Å². The average molecular weight is 47.8 g/mol. The molecule has 0 unspecified atom stereocenters. The third-order valence-corrected chi connectivity index (χ3v) is 0. The van der Waals surface area contributed by atoms with Crippen LogP contribution in [-0.4, -0.2) is 7.28 Å². The van der Waals surface area contributed by atoms with E-state index in [-0.39, 0.29) is 18.9 Å². The van der Waals surface area contributed by atoms with E-state index in [2.05, 4.69) is 0 Å². The van der Waals surface area contributed by atoms with E-state index in [4.69, 9.17) is 0 Å². The molecule has 0 amide bonds. The summed E-state index contributed by atoms with van der Waals surface area (Å²) in [5, 5.41) is 0. The van der Waals surface area contributed by atoms with E-state index in [1.807, 2.05) is 20.9 Å². The summed E-state index contributed by atoms with van der Waals surface area (Å²) in [5.41, 5.74) is 0. The SMILES string of the molecule is C[B-]C.[Li+]. The molecule has 0 saturated carbocycles. The second-order valence-corrected chi connectivity index (χ2v) is 0.577. The smallest absolute Gasteiger partial charge is 0.345 e. The van der Waals surface area contributed by atoms with Crippen LogP contribution in [0.25, 0.3) is 0 Å². The zero-order valence-electron chi connectivity index (χ0n) is 3.58. The topological polar surface area (TPSA) is 0 Å². The van der Waals surface area contributed by atoms with Crippen LogP contribution in [0, 0.1) is 0 Å². The largest absolute Gasteiger partial charge is 1.00 e. The molecule has 4 heavy (non-hydrogen) atoms. The third kappa shape index (κ3) is 16.8. The molecule has 0 aliphatic rings. The second kappa shape index (κ2) is 9.39. The Morgan fingerprint density at radius 2 is 1.25 bits per heavy atom. The van der Waals surface area contributed by atoms with Crippen molar-refractivity contribution in [3.63, 3.8) is 0 Å². The van der Waals surface area contributed by atoms with Gasteiger partial charge in [-0.3, -0.25) is 13.6 Å². The normalized spacial score (nSPS) is 4.50. The summed E-state index contributed by atoms with van der Waals surface area (Å²) in [4.78, 5) is 0. The number of rotatable bonds is 0. The van der Waals surface area contributed by atoms with Crippen LogP contribution in [0.3, 0.4) is 0 Å². The predicted octanol–water partition coefficient (Wildman–Crippen LogP) is -2.21. The van der Waals surface area contributed by atoms with Crippen molar-refractivity contribution >= 4 is 7.28 Å². The molecule has 2 radical (unpaired) electrons. The quantitative estimate of drug-likeness (QED) is 0.272. The summed E-state index contributed by atoms with van der Waals surface area (Å²) in [6.45, 7) is 4.00. The van der Waals surface area contributed by atoms with Crippen molar-refractivity contribution in [3.8, 4) is 0 Å². The van der Waals surface area contributed by atoms with E-state index in [1.54, 1.807) is 0 Å². The fraction of sp³-hybridized carbons (Fsp3) is 1.00. The molecule has 2 heteroatoms. The Kier molecular flexibility index (Phi) is 20.7. The van der Waals surface area contributed by atoms with Crippen molar-refractivity contribution < 1.29 is 18.9 Å². The number of hydrogen-bond acceptors (Lipinski definition) is 0. The van der Waals surface area contributed by atoms with E-state index in [0.29, 0.717) is 0 Å². The van der Waals surface area contributed by atoms with Crippen LogP contribution in [-0.2, 0) is 0 Å². The summed E-state index contributed by atoms with van der Waals surface area (Å²) in [6.07, 6.45) is 0. The maximum Gasteiger partial charge on any atom is 1.00 e. The molecule has 0 atom stereocenters. The Hall–Kier alpha value is 0.662. The van der Waals surface area contributed by atoms with Gasteiger partial charge < -0.3 is 7.28 Å². The van der Waals surface area contributed by atoms with Gasteiger partial charge in [0.2, 0.25) is 0 Å². The molecule has 0 aliphatic heterocycles. The molecular formula is C2H6BLi. The van der Waals surface area contributed by atoms with Crippen LogP contribution in [0.5, 0.6) is 0 Å². The molecule has 0 spiro atoms. The van der Waals surface area contributed by atoms with Gasteiger partial charge >= 0.3 is 18.9 Å². The minimum absolute atomic E-state index is 0. The Morgan fingerprint density at radius 1 is 1.25 bits per heavy atom. The van der Waals surface area contributed by atoms with Crippen molar-refractivity contribution in [2.45, 2.75) is 13.6 Å². The fourth-order valence-electron chi connectivity index (χ4n) is 0. The zero-order valence-corrected chi connectivity index (χ0v) is 3.58. The van der Waals surface area contributed by atoms with Crippen molar-refractivity contribution in [3.05, 3.63) is 0 Å². The minimum atomic E-state index is 0. The van der Waals surface area contributed by atoms with Gasteiger partial charge in [-0.1, -0.05) is 0 Å². The molecule has 0 aliphatic carbocycles. The molecule has 0 heterocycles. The first kappa shape index (κ1) is 8.82. The first-order valence-electron chi connectivity index (χ1n) is 1.15. The van der Waals surface area contributed by atoms with Gasteiger partial charge in [0.15, 0.2) is 0 Å². The van der Waals surface area contributed by atoms with Gasteiger partial charge in [0.25, 0.3) is 0 Å². The molecule has 0 bridgehead atoms. The van der Waals surface area contributed by atoms with E-state index in [0.717, 1.165) is 0 Å². The van der Waals surface area contributed by atoms with Crippen molar-refractivity contribution in [1.29, 1.82) is 0 Å². The summed E-state index contributed by atoms with van der Waals surface area (Å²) in [7, 11) is 2.00. The van der Waals surface area contributed by atoms with Crippen molar-refractivity contribution in [2.24, 2.45) is 0 Å². The predicted molar refractivity (Wildman–Crippen MR) is 17.5 cm³/mol. The molecule has 0 saturated heterocycles. The van der Waals surface area contributed by atoms with Gasteiger partial charge in [0, 0.05) is 0 Å². The van der Waals surface area contributed by atoms with Crippen molar-refractivity contribution in [1.82, 2.24) is 0 Å². The monoisotopic (exact) mass is 48.1 g/mol. The molecule has 0 aromatic heterocycles. The van der Waals surface area contributed by atoms with Gasteiger partial charge in [-0.05, 0) is 0 Å². The standard InChI is InChI=1S/C2H6B.Li/c1-3-2;/h1-2H3;/q-1;+1. The van der Waals surface area contributed by atoms with Crippen LogP contribution in [0.4, 0.5) is 0 Å². The van der Waals surface area contributed by atoms with Crippen LogP contribution in [0.2, 0.25) is 13.6 Å². The fourth-order valence-corrected chi connectivity index (χ4v) is 0. The minimum Gasteiger partial charge on any atom is -0.345 e. The molecule has 0 aromatic carbocycles. The first-order chi connectivity index (χ1) is 1.41. The van der Waals surface area contributed by atoms with E-state index >= 15 is 0 Å². The van der Waals surface area contributed by atoms with Gasteiger partial charge in [-0.25, -0.2) is 0 Å². The molecule has 0 rings (SSSR count). The van der Waals surface area contributed by atoms with E-state index < -0.39 is 0 Å². The molecule has 0 nitrogen and oxygen atoms in total. The average Bonchev–Trinajstić information content (AvgIpc) is 0.918. The Labute approximate surface area is 40.4 Å². The van der Waals surface area contributed by atoms with Gasteiger partial charge in [-0.15, -0.1) is 0 Å². The van der Waals surface area contributed by atoms with E-state index in [1.165, 1.54) is 0 Å². The Bertz CT molecular complexity index is 6.00. The molecular weight excluding hydrogens is 41.8 g/mol. The van der Waals surface area contributed by atoms with Crippen LogP contribution in [0.1, 0.15) is 0 Å². The summed E-state index contributed by atoms with van der Waals surface area (Å²) in [5.74, 6) is 0. The van der Waals surface area contributed by atoms with Gasteiger partial charge in [0.1, 0.15) is 0 Å². The van der Waals surface area contributed by atoms with Crippen LogP contribution in [0.15, 0.2) is 0 Å². The third-order valence-electron chi connectivity index (χ3n) is 0. The van der Waals surface area contributed by atoms with Gasteiger partial charge in [0.05, 0.1) is 0 Å². The maximum absolute atomic E-state index is 2.00. The van der Waals surface area contributed by atoms with Crippen LogP contribution >= 0.6 is 0 Å². The Balaban J connectivity index is 0. The zero-order chi connectivity index (χ0) is 2.71. The number of hydrogen-bond donors (Lipinski definition) is 0. The second-order valence-electron chi connectivity index (χ2n) is 0.577. The summed E-state index contributed by atoms with van der Waals surface area (Å²) < 4.78 is 0. The molecule has 18 valence electrons. The maximum atomic E-state index is 2.00. The summed E-state index contributed by atoms with van der Waals surface area (Å²) in [6, 6.07) is 0. The van der Waals surface area contributed by atoms with E-state index in [9.17, 15) is 0 Å². The Morgan fingerprint density at radius 3 is 1.25 bits per heavy atom. The molecule has 0 N–H and O–H groups in total. The van der Waals surface area contributed by atoms with Crippen molar-refractivity contribution in [2.75, 3.05) is 0 Å². The first-order valence-corrected chi connectivity index (χ1v) is 1.15. The molecule has 0 aromatic rings.